The summed E-state index contributed by atoms with van der Waals surface area (Å²) in [5.41, 5.74) is 0. The third-order valence-electron chi connectivity index (χ3n) is 3.30. The van der Waals surface area contributed by atoms with E-state index in [2.05, 4.69) is 6.92 Å². The number of hydrogen-bond acceptors (Lipinski definition) is 2. The molecular formula is C16H32O2. The molecule has 108 valence electrons. The van der Waals surface area contributed by atoms with Gasteiger partial charge >= 0.3 is 5.97 Å². The smallest absolute Gasteiger partial charge is 0.305 e. The topological polar surface area (TPSA) is 26.3 Å². The van der Waals surface area contributed by atoms with Crippen LogP contribution < -0.4 is 0 Å². The Hall–Kier alpha value is -0.530. The van der Waals surface area contributed by atoms with Crippen molar-refractivity contribution >= 4 is 5.97 Å². The number of hydrogen-bond donors (Lipinski definition) is 0. The Morgan fingerprint density at radius 1 is 0.722 bits per heavy atom. The predicted octanol–water partition coefficient (Wildman–Crippen LogP) is 5.25. The maximum absolute atomic E-state index is 10.9. The zero-order valence-corrected chi connectivity index (χ0v) is 12.5. The van der Waals surface area contributed by atoms with Crippen LogP contribution in [0.4, 0.5) is 0 Å². The summed E-state index contributed by atoms with van der Waals surface area (Å²) in [6, 6.07) is 0. The molecule has 0 aliphatic heterocycles. The SMILES string of the molecule is CCCCCCCCCCCCCOC(=O)CC. The Bertz CT molecular complexity index is 178. The molecule has 0 aromatic carbocycles. The van der Waals surface area contributed by atoms with Gasteiger partial charge in [0.05, 0.1) is 6.61 Å². The van der Waals surface area contributed by atoms with Crippen molar-refractivity contribution in [2.24, 2.45) is 0 Å². The van der Waals surface area contributed by atoms with Crippen LogP contribution in [-0.2, 0) is 9.53 Å². The molecule has 0 saturated heterocycles. The summed E-state index contributed by atoms with van der Waals surface area (Å²) in [6.07, 6.45) is 15.1. The van der Waals surface area contributed by atoms with Crippen molar-refractivity contribution in [3.63, 3.8) is 0 Å². The van der Waals surface area contributed by atoms with Crippen LogP contribution in [0.25, 0.3) is 0 Å². The van der Waals surface area contributed by atoms with E-state index in [4.69, 9.17) is 4.74 Å². The van der Waals surface area contributed by atoms with Gasteiger partial charge in [0.25, 0.3) is 0 Å². The summed E-state index contributed by atoms with van der Waals surface area (Å²) in [4.78, 5) is 10.9. The third kappa shape index (κ3) is 13.5. The number of rotatable bonds is 13. The maximum atomic E-state index is 10.9. The van der Waals surface area contributed by atoms with Crippen LogP contribution in [0.15, 0.2) is 0 Å². The van der Waals surface area contributed by atoms with Gasteiger partial charge < -0.3 is 4.74 Å². The van der Waals surface area contributed by atoms with Gasteiger partial charge in [-0.2, -0.15) is 0 Å². The Labute approximate surface area is 113 Å². The number of carbonyl (C=O) groups is 1. The van der Waals surface area contributed by atoms with E-state index in [1.165, 1.54) is 64.2 Å². The van der Waals surface area contributed by atoms with E-state index < -0.39 is 0 Å². The summed E-state index contributed by atoms with van der Waals surface area (Å²) in [5, 5.41) is 0. The first-order valence-corrected chi connectivity index (χ1v) is 7.96. The average molecular weight is 256 g/mol. The van der Waals surface area contributed by atoms with Crippen molar-refractivity contribution in [3.8, 4) is 0 Å². The Balaban J connectivity index is 2.97. The molecule has 2 heteroatoms. The van der Waals surface area contributed by atoms with Gasteiger partial charge in [-0.3, -0.25) is 4.79 Å². The van der Waals surface area contributed by atoms with Crippen LogP contribution in [0.3, 0.4) is 0 Å². The van der Waals surface area contributed by atoms with Gasteiger partial charge in [-0.1, -0.05) is 78.1 Å². The molecule has 0 heterocycles. The maximum Gasteiger partial charge on any atom is 0.305 e. The first-order chi connectivity index (χ1) is 8.81. The Morgan fingerprint density at radius 3 is 1.61 bits per heavy atom. The Kier molecular flexibility index (Phi) is 14.1. The predicted molar refractivity (Wildman–Crippen MR) is 77.7 cm³/mol. The summed E-state index contributed by atoms with van der Waals surface area (Å²) < 4.78 is 5.03. The highest BCUT2D eigenvalue weighted by atomic mass is 16.5. The second-order valence-electron chi connectivity index (χ2n) is 5.11. The van der Waals surface area contributed by atoms with Gasteiger partial charge in [0.1, 0.15) is 0 Å². The summed E-state index contributed by atoms with van der Waals surface area (Å²) in [6.45, 7) is 4.71. The molecule has 0 bridgehead atoms. The Morgan fingerprint density at radius 2 is 1.17 bits per heavy atom. The van der Waals surface area contributed by atoms with Gasteiger partial charge in [0.15, 0.2) is 0 Å². The molecule has 0 amide bonds. The van der Waals surface area contributed by atoms with Gasteiger partial charge in [-0.05, 0) is 6.42 Å². The fourth-order valence-corrected chi connectivity index (χ4v) is 2.05. The minimum Gasteiger partial charge on any atom is -0.466 e. The second kappa shape index (κ2) is 14.5. The fourth-order valence-electron chi connectivity index (χ4n) is 2.05. The number of unbranched alkanes of at least 4 members (excludes halogenated alkanes) is 10. The first kappa shape index (κ1) is 17.5. The zero-order valence-electron chi connectivity index (χ0n) is 12.5. The lowest BCUT2D eigenvalue weighted by molar-refractivity contribution is -0.143. The number of ether oxygens (including phenoxy) is 1. The average Bonchev–Trinajstić information content (AvgIpc) is 2.39. The van der Waals surface area contributed by atoms with E-state index in [1.807, 2.05) is 6.92 Å². The lowest BCUT2D eigenvalue weighted by atomic mass is 10.1. The van der Waals surface area contributed by atoms with E-state index in [1.54, 1.807) is 0 Å². The molecule has 0 radical (unpaired) electrons. The highest BCUT2D eigenvalue weighted by Crippen LogP contribution is 2.11. The van der Waals surface area contributed by atoms with Gasteiger partial charge in [-0.25, -0.2) is 0 Å². The molecule has 2 nitrogen and oxygen atoms in total. The normalized spacial score (nSPS) is 10.6. The summed E-state index contributed by atoms with van der Waals surface area (Å²) in [5.74, 6) is -0.0675. The number of carbonyl (C=O) groups excluding carboxylic acids is 1. The largest absolute Gasteiger partial charge is 0.466 e. The van der Waals surface area contributed by atoms with Gasteiger partial charge in [-0.15, -0.1) is 0 Å². The van der Waals surface area contributed by atoms with Crippen molar-refractivity contribution in [3.05, 3.63) is 0 Å². The van der Waals surface area contributed by atoms with E-state index in [0.29, 0.717) is 13.0 Å². The molecule has 0 atom stereocenters. The highest BCUT2D eigenvalue weighted by molar-refractivity contribution is 5.68. The molecule has 0 unspecified atom stereocenters. The standard InChI is InChI=1S/C16H32O2/c1-3-5-6-7-8-9-10-11-12-13-14-15-18-16(17)4-2/h3-15H2,1-2H3. The second-order valence-corrected chi connectivity index (χ2v) is 5.11. The zero-order chi connectivity index (χ0) is 13.5. The number of esters is 1. The summed E-state index contributed by atoms with van der Waals surface area (Å²) >= 11 is 0. The molecule has 0 aromatic rings. The lowest BCUT2D eigenvalue weighted by Crippen LogP contribution is -2.03. The van der Waals surface area contributed by atoms with Crippen LogP contribution in [0.5, 0.6) is 0 Å². The molecule has 0 aliphatic carbocycles. The van der Waals surface area contributed by atoms with E-state index in [0.717, 1.165) is 6.42 Å². The first-order valence-electron chi connectivity index (χ1n) is 7.96. The van der Waals surface area contributed by atoms with Gasteiger partial charge in [0, 0.05) is 6.42 Å². The molecule has 0 fully saturated rings. The highest BCUT2D eigenvalue weighted by Gasteiger charge is 1.97. The van der Waals surface area contributed by atoms with Crippen molar-refractivity contribution in [2.45, 2.75) is 90.9 Å². The minimum atomic E-state index is -0.0675. The molecule has 0 rings (SSSR count). The lowest BCUT2D eigenvalue weighted by Gasteiger charge is -2.03. The third-order valence-corrected chi connectivity index (χ3v) is 3.30. The van der Waals surface area contributed by atoms with Crippen LogP contribution in [0, 0.1) is 0 Å². The van der Waals surface area contributed by atoms with Crippen molar-refractivity contribution in [1.82, 2.24) is 0 Å². The summed E-state index contributed by atoms with van der Waals surface area (Å²) in [7, 11) is 0. The molecule has 0 saturated carbocycles. The monoisotopic (exact) mass is 256 g/mol. The molecule has 0 spiro atoms. The van der Waals surface area contributed by atoms with Crippen LogP contribution in [-0.4, -0.2) is 12.6 Å². The quantitative estimate of drug-likeness (QED) is 0.332. The molecular weight excluding hydrogens is 224 g/mol. The van der Waals surface area contributed by atoms with Crippen LogP contribution in [0.1, 0.15) is 90.9 Å². The fraction of sp³-hybridized carbons (Fsp3) is 0.938. The van der Waals surface area contributed by atoms with Crippen molar-refractivity contribution in [2.75, 3.05) is 6.61 Å². The van der Waals surface area contributed by atoms with E-state index in [9.17, 15) is 4.79 Å². The molecule has 0 aliphatic rings. The van der Waals surface area contributed by atoms with Crippen LogP contribution in [0.2, 0.25) is 0 Å². The molecule has 0 N–H and O–H groups in total. The van der Waals surface area contributed by atoms with Crippen LogP contribution >= 0.6 is 0 Å². The van der Waals surface area contributed by atoms with E-state index in [-0.39, 0.29) is 5.97 Å². The van der Waals surface area contributed by atoms with Crippen molar-refractivity contribution in [1.29, 1.82) is 0 Å². The molecule has 18 heavy (non-hydrogen) atoms. The van der Waals surface area contributed by atoms with Gasteiger partial charge in [0.2, 0.25) is 0 Å². The van der Waals surface area contributed by atoms with Crippen molar-refractivity contribution < 1.29 is 9.53 Å². The van der Waals surface area contributed by atoms with E-state index >= 15 is 0 Å². The minimum absolute atomic E-state index is 0.0675. The molecule has 0 aromatic heterocycles.